The highest BCUT2D eigenvalue weighted by atomic mass is 35.5. The third-order valence-corrected chi connectivity index (χ3v) is 6.47. The summed E-state index contributed by atoms with van der Waals surface area (Å²) >= 11 is 5.97. The number of halogens is 1. The lowest BCUT2D eigenvalue weighted by Gasteiger charge is -2.31. The van der Waals surface area contributed by atoms with Gasteiger partial charge in [-0.15, -0.1) is 0 Å². The summed E-state index contributed by atoms with van der Waals surface area (Å²) in [5.41, 5.74) is 5.80. The van der Waals surface area contributed by atoms with Crippen molar-refractivity contribution in [3.05, 3.63) is 28.8 Å². The fourth-order valence-electron chi connectivity index (χ4n) is 2.83. The van der Waals surface area contributed by atoms with Gasteiger partial charge in [-0.25, -0.2) is 12.7 Å². The summed E-state index contributed by atoms with van der Waals surface area (Å²) < 4.78 is 25.8. The minimum absolute atomic E-state index is 0.0888. The van der Waals surface area contributed by atoms with Gasteiger partial charge in [0.1, 0.15) is 0 Å². The number of carbonyl (C=O) groups excluding carboxylic acids is 2. The molecule has 7 nitrogen and oxygen atoms in total. The van der Waals surface area contributed by atoms with E-state index in [4.69, 9.17) is 17.3 Å². The van der Waals surface area contributed by atoms with Crippen molar-refractivity contribution in [3.63, 3.8) is 0 Å². The highest BCUT2D eigenvalue weighted by molar-refractivity contribution is 7.89. The van der Waals surface area contributed by atoms with Gasteiger partial charge < -0.3 is 11.1 Å². The minimum atomic E-state index is -3.31. The molecule has 0 spiro atoms. The molecule has 1 heterocycles. The Hall–Kier alpha value is -1.64. The number of nitrogens with two attached hydrogens (primary N) is 1. The number of rotatable bonds is 6. The molecule has 0 bridgehead atoms. The number of nitrogens with one attached hydrogen (secondary N) is 1. The highest BCUT2D eigenvalue weighted by Gasteiger charge is 2.31. The lowest BCUT2D eigenvalue weighted by Crippen LogP contribution is -2.44. The predicted octanol–water partition coefficient (Wildman–Crippen LogP) is 1.83. The van der Waals surface area contributed by atoms with E-state index in [1.807, 2.05) is 6.92 Å². The molecule has 25 heavy (non-hydrogen) atoms. The number of anilines is 1. The maximum absolute atomic E-state index is 12.5. The van der Waals surface area contributed by atoms with Gasteiger partial charge >= 0.3 is 0 Å². The number of hydrogen-bond acceptors (Lipinski definition) is 4. The van der Waals surface area contributed by atoms with Crippen LogP contribution in [0.5, 0.6) is 0 Å². The average molecular weight is 388 g/mol. The molecule has 1 atom stereocenters. The summed E-state index contributed by atoms with van der Waals surface area (Å²) in [5, 5.41) is 2.88. The van der Waals surface area contributed by atoms with Crippen LogP contribution in [0.3, 0.4) is 0 Å². The van der Waals surface area contributed by atoms with Crippen LogP contribution in [0.2, 0.25) is 5.02 Å². The monoisotopic (exact) mass is 387 g/mol. The molecule has 1 aliphatic rings. The Bertz CT molecular complexity index is 767. The third kappa shape index (κ3) is 4.93. The van der Waals surface area contributed by atoms with Gasteiger partial charge in [0.2, 0.25) is 21.8 Å². The first kappa shape index (κ1) is 19.7. The molecule has 138 valence electrons. The molecule has 1 aromatic carbocycles. The first-order valence-corrected chi connectivity index (χ1v) is 10.1. The van der Waals surface area contributed by atoms with Gasteiger partial charge in [0.25, 0.3) is 0 Å². The lowest BCUT2D eigenvalue weighted by molar-refractivity contribution is -0.120. The molecule has 1 saturated heterocycles. The number of hydrogen-bond donors (Lipinski definition) is 2. The normalized spacial score (nSPS) is 18.7. The Morgan fingerprint density at radius 1 is 1.40 bits per heavy atom. The van der Waals surface area contributed by atoms with Gasteiger partial charge in [-0.3, -0.25) is 9.59 Å². The van der Waals surface area contributed by atoms with Crippen LogP contribution >= 0.6 is 11.6 Å². The first-order chi connectivity index (χ1) is 11.7. The van der Waals surface area contributed by atoms with Gasteiger partial charge in [0.05, 0.1) is 22.3 Å². The maximum atomic E-state index is 12.5. The van der Waals surface area contributed by atoms with Crippen LogP contribution in [0.4, 0.5) is 5.69 Å². The molecule has 0 saturated carbocycles. The van der Waals surface area contributed by atoms with E-state index in [1.54, 1.807) is 0 Å². The summed E-state index contributed by atoms with van der Waals surface area (Å²) in [5.74, 6) is -1.24. The average Bonchev–Trinajstić information content (AvgIpc) is 2.54. The summed E-state index contributed by atoms with van der Waals surface area (Å²) in [6.07, 6.45) is 1.81. The van der Waals surface area contributed by atoms with E-state index in [9.17, 15) is 18.0 Å². The number of primary amides is 1. The standard InChI is InChI=1S/C16H22ClN3O4S/c1-2-8-25(23,24)20-7-3-4-11(10-20)16(22)19-12-5-6-13(15(18)21)14(17)9-12/h5-6,9,11H,2-4,7-8,10H2,1H3,(H2,18,21)(H,19,22)/t11-/m1/s1. The number of benzene rings is 1. The van der Waals surface area contributed by atoms with Crippen LogP contribution < -0.4 is 11.1 Å². The Labute approximate surface area is 152 Å². The molecule has 2 amide bonds. The maximum Gasteiger partial charge on any atom is 0.250 e. The second-order valence-corrected chi connectivity index (χ2v) is 8.56. The van der Waals surface area contributed by atoms with Crippen molar-refractivity contribution in [2.24, 2.45) is 11.7 Å². The van der Waals surface area contributed by atoms with Gasteiger partial charge in [-0.1, -0.05) is 18.5 Å². The van der Waals surface area contributed by atoms with E-state index < -0.39 is 21.8 Å². The Balaban J connectivity index is 2.05. The molecular weight excluding hydrogens is 366 g/mol. The van der Waals surface area contributed by atoms with Crippen molar-refractivity contribution < 1.29 is 18.0 Å². The number of amides is 2. The fraction of sp³-hybridized carbons (Fsp3) is 0.500. The molecule has 0 radical (unpaired) electrons. The van der Waals surface area contributed by atoms with Gasteiger partial charge in [0, 0.05) is 18.8 Å². The van der Waals surface area contributed by atoms with Crippen molar-refractivity contribution in [2.75, 3.05) is 24.2 Å². The molecule has 2 rings (SSSR count). The van der Waals surface area contributed by atoms with Crippen LogP contribution in [0.25, 0.3) is 0 Å². The topological polar surface area (TPSA) is 110 Å². The van der Waals surface area contributed by atoms with Crippen molar-refractivity contribution in [2.45, 2.75) is 26.2 Å². The number of sulfonamides is 1. The van der Waals surface area contributed by atoms with Crippen molar-refractivity contribution >= 4 is 39.1 Å². The number of carbonyl (C=O) groups is 2. The molecule has 0 unspecified atom stereocenters. The molecular formula is C16H22ClN3O4S. The van der Waals surface area contributed by atoms with Crippen molar-refractivity contribution in [1.29, 1.82) is 0 Å². The summed E-state index contributed by atoms with van der Waals surface area (Å²) in [7, 11) is -3.31. The zero-order valence-electron chi connectivity index (χ0n) is 14.0. The SMILES string of the molecule is CCCS(=O)(=O)N1CCC[C@@H](C(=O)Nc2ccc(C(N)=O)c(Cl)c2)C1. The van der Waals surface area contributed by atoms with Crippen molar-refractivity contribution in [1.82, 2.24) is 4.31 Å². The number of piperidine rings is 1. The van der Waals surface area contributed by atoms with Crippen LogP contribution in [0.1, 0.15) is 36.5 Å². The van der Waals surface area contributed by atoms with E-state index in [-0.39, 0.29) is 28.8 Å². The Morgan fingerprint density at radius 2 is 2.12 bits per heavy atom. The molecule has 0 aliphatic carbocycles. The van der Waals surface area contributed by atoms with E-state index in [0.717, 1.165) is 0 Å². The zero-order valence-corrected chi connectivity index (χ0v) is 15.6. The largest absolute Gasteiger partial charge is 0.366 e. The molecule has 1 aromatic rings. The quantitative estimate of drug-likeness (QED) is 0.775. The molecule has 0 aromatic heterocycles. The van der Waals surface area contributed by atoms with Crippen LogP contribution in [0, 0.1) is 5.92 Å². The summed E-state index contributed by atoms with van der Waals surface area (Å²) in [6, 6.07) is 4.44. The minimum Gasteiger partial charge on any atom is -0.366 e. The molecule has 1 fully saturated rings. The molecule has 1 aliphatic heterocycles. The van der Waals surface area contributed by atoms with E-state index in [0.29, 0.717) is 31.5 Å². The van der Waals surface area contributed by atoms with Gasteiger partial charge in [-0.2, -0.15) is 0 Å². The summed E-state index contributed by atoms with van der Waals surface area (Å²) in [6.45, 7) is 2.44. The van der Waals surface area contributed by atoms with Gasteiger partial charge in [0.15, 0.2) is 0 Å². The smallest absolute Gasteiger partial charge is 0.250 e. The second kappa shape index (κ2) is 8.16. The van der Waals surface area contributed by atoms with Crippen LogP contribution in [-0.4, -0.2) is 43.4 Å². The van der Waals surface area contributed by atoms with Crippen molar-refractivity contribution in [3.8, 4) is 0 Å². The van der Waals surface area contributed by atoms with E-state index >= 15 is 0 Å². The second-order valence-electron chi connectivity index (χ2n) is 6.06. The first-order valence-electron chi connectivity index (χ1n) is 8.12. The molecule has 9 heteroatoms. The Kier molecular flexibility index (Phi) is 6.42. The van der Waals surface area contributed by atoms with E-state index in [2.05, 4.69) is 5.32 Å². The number of nitrogens with zero attached hydrogens (tertiary/aromatic N) is 1. The highest BCUT2D eigenvalue weighted by Crippen LogP contribution is 2.24. The Morgan fingerprint density at radius 3 is 2.72 bits per heavy atom. The lowest BCUT2D eigenvalue weighted by atomic mass is 9.98. The zero-order chi connectivity index (χ0) is 18.6. The van der Waals surface area contributed by atoms with Crippen LogP contribution in [-0.2, 0) is 14.8 Å². The van der Waals surface area contributed by atoms with E-state index in [1.165, 1.54) is 22.5 Å². The summed E-state index contributed by atoms with van der Waals surface area (Å²) in [4.78, 5) is 23.6. The molecule has 3 N–H and O–H groups in total. The van der Waals surface area contributed by atoms with Crippen LogP contribution in [0.15, 0.2) is 18.2 Å². The third-order valence-electron chi connectivity index (χ3n) is 4.11. The fourth-order valence-corrected chi connectivity index (χ4v) is 4.70. The van der Waals surface area contributed by atoms with Gasteiger partial charge in [-0.05, 0) is 37.5 Å². The predicted molar refractivity (Wildman–Crippen MR) is 97.0 cm³/mol.